The van der Waals surface area contributed by atoms with Crippen LogP contribution in [0.25, 0.3) is 0 Å². The Morgan fingerprint density at radius 3 is 2.86 bits per heavy atom. The Labute approximate surface area is 120 Å². The second kappa shape index (κ2) is 6.82. The highest BCUT2D eigenvalue weighted by Gasteiger charge is 2.28. The number of carbonyl (C=O) groups excluding carboxylic acids is 2. The average Bonchev–Trinajstić information content (AvgIpc) is 3.03. The molecule has 0 radical (unpaired) electrons. The Morgan fingerprint density at radius 2 is 2.19 bits per heavy atom. The number of amides is 2. The molecule has 0 aliphatic carbocycles. The van der Waals surface area contributed by atoms with Crippen molar-refractivity contribution in [2.24, 2.45) is 0 Å². The highest BCUT2D eigenvalue weighted by Crippen LogP contribution is 2.06. The quantitative estimate of drug-likeness (QED) is 0.707. The zero-order chi connectivity index (χ0) is 15.2. The van der Waals surface area contributed by atoms with Crippen molar-refractivity contribution in [3.8, 4) is 0 Å². The number of unbranched alkanes of at least 4 members (excludes halogenated alkanes) is 1. The Bertz CT molecular complexity index is 542. The molecule has 0 atom stereocenters. The highest BCUT2D eigenvalue weighted by atomic mass is 16.6. The molecule has 1 aromatic heterocycles. The van der Waals surface area contributed by atoms with Crippen molar-refractivity contribution >= 4 is 18.0 Å². The summed E-state index contributed by atoms with van der Waals surface area (Å²) >= 11 is 0. The zero-order valence-electron chi connectivity index (χ0n) is 11.4. The summed E-state index contributed by atoms with van der Waals surface area (Å²) in [4.78, 5) is 34.5. The van der Waals surface area contributed by atoms with Crippen LogP contribution in [0.2, 0.25) is 0 Å². The molecule has 1 aliphatic heterocycles. The van der Waals surface area contributed by atoms with Crippen LogP contribution in [-0.4, -0.2) is 56.1 Å². The number of cyclic esters (lactones) is 1. The first kappa shape index (κ1) is 14.9. The minimum absolute atomic E-state index is 0.0722. The normalized spacial score (nSPS) is 14.3. The van der Waals surface area contributed by atoms with Crippen LogP contribution in [0.15, 0.2) is 6.20 Å². The number of carboxylic acid groups (broad SMARTS) is 1. The molecule has 0 spiro atoms. The molecule has 0 bridgehead atoms. The molecule has 114 valence electrons. The molecule has 21 heavy (non-hydrogen) atoms. The number of aromatic nitrogens is 3. The summed E-state index contributed by atoms with van der Waals surface area (Å²) in [7, 11) is 0. The molecule has 1 N–H and O–H groups in total. The van der Waals surface area contributed by atoms with Gasteiger partial charge in [-0.2, -0.15) is 0 Å². The summed E-state index contributed by atoms with van der Waals surface area (Å²) in [5, 5.41) is 16.3. The predicted octanol–water partition coefficient (Wildman–Crippen LogP) is 0.0543. The van der Waals surface area contributed by atoms with Crippen molar-refractivity contribution in [3.63, 3.8) is 0 Å². The lowest BCUT2D eigenvalue weighted by atomic mass is 10.1. The molecule has 0 saturated carbocycles. The summed E-state index contributed by atoms with van der Waals surface area (Å²) < 4.78 is 6.05. The maximum Gasteiger partial charge on any atom is 0.416 e. The van der Waals surface area contributed by atoms with Crippen molar-refractivity contribution in [2.45, 2.75) is 32.2 Å². The van der Waals surface area contributed by atoms with Crippen molar-refractivity contribution < 1.29 is 24.2 Å². The fourth-order valence-electron chi connectivity index (χ4n) is 1.96. The van der Waals surface area contributed by atoms with Crippen LogP contribution in [-0.2, 0) is 27.3 Å². The Hall–Kier alpha value is -2.45. The molecule has 1 aliphatic rings. The van der Waals surface area contributed by atoms with Gasteiger partial charge in [0.1, 0.15) is 13.2 Å². The molecular formula is C12H16N4O5. The van der Waals surface area contributed by atoms with Gasteiger partial charge in [0.25, 0.3) is 5.91 Å². The largest absolute Gasteiger partial charge is 0.481 e. The lowest BCUT2D eigenvalue weighted by Gasteiger charge is -2.09. The third kappa shape index (κ3) is 4.26. The summed E-state index contributed by atoms with van der Waals surface area (Å²) in [6.07, 6.45) is 2.99. The van der Waals surface area contributed by atoms with E-state index in [1.807, 2.05) is 0 Å². The number of aryl methyl sites for hydroxylation is 1. The van der Waals surface area contributed by atoms with E-state index in [4.69, 9.17) is 5.11 Å². The molecule has 2 heterocycles. The van der Waals surface area contributed by atoms with Gasteiger partial charge in [-0.25, -0.2) is 14.4 Å². The third-order valence-electron chi connectivity index (χ3n) is 3.02. The molecule has 0 unspecified atom stereocenters. The van der Waals surface area contributed by atoms with Gasteiger partial charge in [-0.3, -0.25) is 9.59 Å². The van der Waals surface area contributed by atoms with Crippen LogP contribution in [0.1, 0.15) is 25.0 Å². The van der Waals surface area contributed by atoms with Gasteiger partial charge in [-0.05, 0) is 19.3 Å². The number of ether oxygens (including phenoxy) is 1. The van der Waals surface area contributed by atoms with Gasteiger partial charge < -0.3 is 9.84 Å². The lowest BCUT2D eigenvalue weighted by Crippen LogP contribution is -2.34. The second-order valence-electron chi connectivity index (χ2n) is 4.67. The van der Waals surface area contributed by atoms with E-state index in [2.05, 4.69) is 15.0 Å². The van der Waals surface area contributed by atoms with Crippen molar-refractivity contribution in [2.75, 3.05) is 13.2 Å². The predicted molar refractivity (Wildman–Crippen MR) is 68.3 cm³/mol. The first-order valence-corrected chi connectivity index (χ1v) is 6.64. The molecular weight excluding hydrogens is 280 g/mol. The Balaban J connectivity index is 1.78. The number of aliphatic carboxylic acids is 1. The van der Waals surface area contributed by atoms with Gasteiger partial charge in [-0.1, -0.05) is 5.21 Å². The van der Waals surface area contributed by atoms with Gasteiger partial charge in [0.2, 0.25) is 0 Å². The number of imide groups is 1. The molecule has 2 amide bonds. The number of carbonyl (C=O) groups is 3. The van der Waals surface area contributed by atoms with Crippen LogP contribution in [0.5, 0.6) is 0 Å². The summed E-state index contributed by atoms with van der Waals surface area (Å²) in [6, 6.07) is 0. The van der Waals surface area contributed by atoms with E-state index in [0.717, 1.165) is 4.90 Å². The van der Waals surface area contributed by atoms with Gasteiger partial charge in [0, 0.05) is 12.6 Å². The van der Waals surface area contributed by atoms with Crippen LogP contribution < -0.4 is 0 Å². The highest BCUT2D eigenvalue weighted by molar-refractivity contribution is 5.92. The monoisotopic (exact) mass is 296 g/mol. The van der Waals surface area contributed by atoms with Crippen LogP contribution in [0.3, 0.4) is 0 Å². The molecule has 0 aromatic carbocycles. The standard InChI is InChI=1S/C12H16N4O5/c17-10(16-5-6-21-12(16)20)8-15-7-9(13-14-15)3-1-2-4-11(18)19/h7H,1-6,8H2,(H,18,19). The first-order valence-electron chi connectivity index (χ1n) is 6.64. The maximum atomic E-state index is 11.8. The number of hydrogen-bond acceptors (Lipinski definition) is 6. The lowest BCUT2D eigenvalue weighted by molar-refractivity contribution is -0.137. The van der Waals surface area contributed by atoms with E-state index in [-0.39, 0.29) is 32.0 Å². The number of nitrogens with zero attached hydrogens (tertiary/aromatic N) is 4. The minimum Gasteiger partial charge on any atom is -0.481 e. The summed E-state index contributed by atoms with van der Waals surface area (Å²) in [5.74, 6) is -1.21. The number of hydrogen-bond donors (Lipinski definition) is 1. The summed E-state index contributed by atoms with van der Waals surface area (Å²) in [5.41, 5.74) is 0.692. The van der Waals surface area contributed by atoms with Gasteiger partial charge in [-0.15, -0.1) is 5.10 Å². The van der Waals surface area contributed by atoms with Gasteiger partial charge in [0.05, 0.1) is 12.2 Å². The van der Waals surface area contributed by atoms with Crippen molar-refractivity contribution in [1.29, 1.82) is 0 Å². The smallest absolute Gasteiger partial charge is 0.416 e. The fraction of sp³-hybridized carbons (Fsp3) is 0.583. The second-order valence-corrected chi connectivity index (χ2v) is 4.67. The van der Waals surface area contributed by atoms with Gasteiger partial charge >= 0.3 is 12.1 Å². The SMILES string of the molecule is O=C(O)CCCCc1cn(CC(=O)N2CCOC2=O)nn1. The number of carboxylic acids is 1. The molecule has 9 heteroatoms. The van der Waals surface area contributed by atoms with E-state index >= 15 is 0 Å². The zero-order valence-corrected chi connectivity index (χ0v) is 11.4. The maximum absolute atomic E-state index is 11.8. The minimum atomic E-state index is -0.818. The van der Waals surface area contributed by atoms with Crippen LogP contribution in [0.4, 0.5) is 4.79 Å². The topological polar surface area (TPSA) is 115 Å². The van der Waals surface area contributed by atoms with E-state index in [1.54, 1.807) is 6.20 Å². The molecule has 2 rings (SSSR count). The van der Waals surface area contributed by atoms with Crippen molar-refractivity contribution in [1.82, 2.24) is 19.9 Å². The van der Waals surface area contributed by atoms with E-state index in [1.165, 1.54) is 4.68 Å². The van der Waals surface area contributed by atoms with E-state index in [0.29, 0.717) is 25.0 Å². The van der Waals surface area contributed by atoms with Gasteiger partial charge in [0.15, 0.2) is 0 Å². The molecule has 1 aromatic rings. The Morgan fingerprint density at radius 1 is 1.38 bits per heavy atom. The Kier molecular flexibility index (Phi) is 4.85. The van der Waals surface area contributed by atoms with Crippen LogP contribution >= 0.6 is 0 Å². The molecule has 9 nitrogen and oxygen atoms in total. The van der Waals surface area contributed by atoms with E-state index < -0.39 is 12.1 Å². The molecule has 1 fully saturated rings. The van der Waals surface area contributed by atoms with Crippen LogP contribution in [0, 0.1) is 0 Å². The average molecular weight is 296 g/mol. The van der Waals surface area contributed by atoms with E-state index in [9.17, 15) is 14.4 Å². The molecule has 1 saturated heterocycles. The third-order valence-corrected chi connectivity index (χ3v) is 3.02. The summed E-state index contributed by atoms with van der Waals surface area (Å²) in [6.45, 7) is 0.405. The number of rotatable bonds is 7. The van der Waals surface area contributed by atoms with Crippen molar-refractivity contribution in [3.05, 3.63) is 11.9 Å². The first-order chi connectivity index (χ1) is 10.1. The fourth-order valence-corrected chi connectivity index (χ4v) is 1.96.